The maximum atomic E-state index is 12.5. The van der Waals surface area contributed by atoms with Gasteiger partial charge in [0.2, 0.25) is 0 Å². The molecule has 2 aromatic carbocycles. The van der Waals surface area contributed by atoms with Crippen molar-refractivity contribution < 1.29 is 9.53 Å². The van der Waals surface area contributed by atoms with Crippen LogP contribution in [0.2, 0.25) is 0 Å². The van der Waals surface area contributed by atoms with Crippen molar-refractivity contribution in [1.82, 2.24) is 9.80 Å². The Hall–Kier alpha value is -2.33. The lowest BCUT2D eigenvalue weighted by Gasteiger charge is -2.34. The second-order valence-electron chi connectivity index (χ2n) is 7.49. The van der Waals surface area contributed by atoms with E-state index in [2.05, 4.69) is 67.5 Å². The van der Waals surface area contributed by atoms with Gasteiger partial charge in [0.1, 0.15) is 6.61 Å². The van der Waals surface area contributed by atoms with E-state index in [1.165, 1.54) is 22.3 Å². The zero-order valence-corrected chi connectivity index (χ0v) is 15.5. The predicted octanol–water partition coefficient (Wildman–Crippen LogP) is 3.96. The van der Waals surface area contributed by atoms with Gasteiger partial charge >= 0.3 is 6.09 Å². The molecule has 0 saturated carbocycles. The molecule has 0 unspecified atom stereocenters. The average Bonchev–Trinajstić information content (AvgIpc) is 3.00. The summed E-state index contributed by atoms with van der Waals surface area (Å²) in [4.78, 5) is 16.6. The Balaban J connectivity index is 1.43. The number of hydrogen-bond donors (Lipinski definition) is 0. The van der Waals surface area contributed by atoms with Crippen LogP contribution >= 0.6 is 0 Å². The first-order chi connectivity index (χ1) is 12.6. The minimum atomic E-state index is -0.177. The van der Waals surface area contributed by atoms with E-state index in [1.54, 1.807) is 0 Å². The molecule has 0 radical (unpaired) electrons. The van der Waals surface area contributed by atoms with Gasteiger partial charge in [-0.1, -0.05) is 48.5 Å². The number of ether oxygens (including phenoxy) is 1. The second-order valence-corrected chi connectivity index (χ2v) is 7.49. The molecule has 0 aromatic heterocycles. The zero-order valence-electron chi connectivity index (χ0n) is 15.5. The number of benzene rings is 2. The van der Waals surface area contributed by atoms with Crippen molar-refractivity contribution >= 4 is 6.09 Å². The Kier molecular flexibility index (Phi) is 4.68. The molecule has 0 N–H and O–H groups in total. The highest BCUT2D eigenvalue weighted by molar-refractivity contribution is 5.79. The quantitative estimate of drug-likeness (QED) is 0.840. The summed E-state index contributed by atoms with van der Waals surface area (Å²) in [6.07, 6.45) is 1.85. The smallest absolute Gasteiger partial charge is 0.409 e. The van der Waals surface area contributed by atoms with Gasteiger partial charge in [-0.25, -0.2) is 4.79 Å². The normalized spacial score (nSPS) is 17.3. The third-order valence-electron chi connectivity index (χ3n) is 5.79. The number of nitrogens with zero attached hydrogens (tertiary/aromatic N) is 2. The fraction of sp³-hybridized carbons (Fsp3) is 0.409. The van der Waals surface area contributed by atoms with Crippen LogP contribution in [-0.2, 0) is 4.74 Å². The minimum Gasteiger partial charge on any atom is -0.448 e. The minimum absolute atomic E-state index is 0.130. The van der Waals surface area contributed by atoms with Crippen LogP contribution in [0.5, 0.6) is 0 Å². The fourth-order valence-corrected chi connectivity index (χ4v) is 4.25. The van der Waals surface area contributed by atoms with E-state index in [4.69, 9.17) is 4.74 Å². The monoisotopic (exact) mass is 350 g/mol. The highest BCUT2D eigenvalue weighted by atomic mass is 16.6. The second kappa shape index (κ2) is 7.12. The number of amides is 1. The summed E-state index contributed by atoms with van der Waals surface area (Å²) >= 11 is 0. The van der Waals surface area contributed by atoms with E-state index in [1.807, 2.05) is 4.90 Å². The maximum Gasteiger partial charge on any atom is 0.409 e. The molecule has 1 amide bonds. The van der Waals surface area contributed by atoms with Crippen LogP contribution < -0.4 is 0 Å². The van der Waals surface area contributed by atoms with Gasteiger partial charge in [0.15, 0.2) is 0 Å². The number of rotatable bonds is 3. The lowest BCUT2D eigenvalue weighted by atomic mass is 9.98. The van der Waals surface area contributed by atoms with Crippen LogP contribution in [0.1, 0.15) is 29.9 Å². The van der Waals surface area contributed by atoms with E-state index in [0.717, 1.165) is 25.9 Å². The van der Waals surface area contributed by atoms with Gasteiger partial charge < -0.3 is 14.5 Å². The molecule has 0 spiro atoms. The third kappa shape index (κ3) is 3.10. The molecule has 2 aliphatic rings. The van der Waals surface area contributed by atoms with Crippen LogP contribution in [0.4, 0.5) is 4.79 Å². The number of carbonyl (C=O) groups is 1. The van der Waals surface area contributed by atoms with Crippen LogP contribution in [0.3, 0.4) is 0 Å². The summed E-state index contributed by atoms with van der Waals surface area (Å²) in [6.45, 7) is 1.96. The van der Waals surface area contributed by atoms with Crippen molar-refractivity contribution in [1.29, 1.82) is 0 Å². The first kappa shape index (κ1) is 17.1. The van der Waals surface area contributed by atoms with Crippen molar-refractivity contribution in [2.45, 2.75) is 24.8 Å². The van der Waals surface area contributed by atoms with Gasteiger partial charge in [-0.05, 0) is 49.2 Å². The van der Waals surface area contributed by atoms with E-state index in [9.17, 15) is 4.79 Å². The summed E-state index contributed by atoms with van der Waals surface area (Å²) in [7, 11) is 4.21. The first-order valence-electron chi connectivity index (χ1n) is 9.41. The largest absolute Gasteiger partial charge is 0.448 e. The molecule has 1 heterocycles. The SMILES string of the molecule is CN(C)C1CCN(C(=O)OCC2c3ccccc3-c3ccccc32)CC1. The highest BCUT2D eigenvalue weighted by Gasteiger charge is 2.30. The van der Waals surface area contributed by atoms with E-state index in [0.29, 0.717) is 12.6 Å². The summed E-state index contributed by atoms with van der Waals surface area (Å²) in [5.74, 6) is 0.130. The van der Waals surface area contributed by atoms with Crippen molar-refractivity contribution in [3.63, 3.8) is 0 Å². The molecule has 26 heavy (non-hydrogen) atoms. The van der Waals surface area contributed by atoms with Crippen molar-refractivity contribution in [2.24, 2.45) is 0 Å². The maximum absolute atomic E-state index is 12.5. The van der Waals surface area contributed by atoms with Crippen molar-refractivity contribution in [3.8, 4) is 11.1 Å². The molecule has 0 atom stereocenters. The van der Waals surface area contributed by atoms with Crippen molar-refractivity contribution in [3.05, 3.63) is 59.7 Å². The lowest BCUT2D eigenvalue weighted by molar-refractivity contribution is 0.0795. The van der Waals surface area contributed by atoms with Crippen molar-refractivity contribution in [2.75, 3.05) is 33.8 Å². The third-order valence-corrected chi connectivity index (χ3v) is 5.79. The molecule has 2 aromatic rings. The van der Waals surface area contributed by atoms with Gasteiger partial charge in [0.25, 0.3) is 0 Å². The molecule has 1 aliphatic carbocycles. The van der Waals surface area contributed by atoms with Gasteiger partial charge in [0.05, 0.1) is 0 Å². The van der Waals surface area contributed by atoms with Crippen LogP contribution in [0.25, 0.3) is 11.1 Å². The highest BCUT2D eigenvalue weighted by Crippen LogP contribution is 2.44. The molecule has 1 fully saturated rings. The summed E-state index contributed by atoms with van der Waals surface area (Å²) in [6, 6.07) is 17.4. The van der Waals surface area contributed by atoms with Gasteiger partial charge in [-0.15, -0.1) is 0 Å². The predicted molar refractivity (Wildman–Crippen MR) is 103 cm³/mol. The molecular formula is C22H26N2O2. The number of likely N-dealkylation sites (tertiary alicyclic amines) is 1. The molecular weight excluding hydrogens is 324 g/mol. The molecule has 1 saturated heterocycles. The lowest BCUT2D eigenvalue weighted by Crippen LogP contribution is -2.44. The van der Waals surface area contributed by atoms with Crippen LogP contribution in [0, 0.1) is 0 Å². The average molecular weight is 350 g/mol. The standard InChI is InChI=1S/C22H26N2O2/c1-23(2)16-11-13-24(14-12-16)22(25)26-15-21-19-9-5-3-7-17(19)18-8-4-6-10-20(18)21/h3-10,16,21H,11-15H2,1-2H3. The Labute approximate surface area is 155 Å². The summed E-state index contributed by atoms with van der Waals surface area (Å²) in [5.41, 5.74) is 5.03. The van der Waals surface area contributed by atoms with Crippen LogP contribution in [-0.4, -0.2) is 55.7 Å². The van der Waals surface area contributed by atoms with Crippen LogP contribution in [0.15, 0.2) is 48.5 Å². The topological polar surface area (TPSA) is 32.8 Å². The van der Waals surface area contributed by atoms with Gasteiger partial charge in [-0.2, -0.15) is 0 Å². The summed E-state index contributed by atoms with van der Waals surface area (Å²) < 4.78 is 5.75. The van der Waals surface area contributed by atoms with Gasteiger partial charge in [0, 0.05) is 25.0 Å². The van der Waals surface area contributed by atoms with Gasteiger partial charge in [-0.3, -0.25) is 0 Å². The molecule has 4 nitrogen and oxygen atoms in total. The van der Waals surface area contributed by atoms with E-state index >= 15 is 0 Å². The molecule has 0 bridgehead atoms. The zero-order chi connectivity index (χ0) is 18.1. The molecule has 4 rings (SSSR count). The Morgan fingerprint density at radius 3 is 2.08 bits per heavy atom. The summed E-state index contributed by atoms with van der Waals surface area (Å²) in [5, 5.41) is 0. The molecule has 1 aliphatic heterocycles. The molecule has 4 heteroatoms. The Morgan fingerprint density at radius 1 is 1.00 bits per heavy atom. The number of fused-ring (bicyclic) bond motifs is 3. The van der Waals surface area contributed by atoms with E-state index in [-0.39, 0.29) is 12.0 Å². The first-order valence-corrected chi connectivity index (χ1v) is 9.41. The number of piperidine rings is 1. The number of hydrogen-bond acceptors (Lipinski definition) is 3. The number of carbonyl (C=O) groups excluding carboxylic acids is 1. The van der Waals surface area contributed by atoms with E-state index < -0.39 is 0 Å². The molecule has 136 valence electrons. The Bertz CT molecular complexity index is 749. The fourth-order valence-electron chi connectivity index (χ4n) is 4.25. The Morgan fingerprint density at radius 2 is 1.54 bits per heavy atom.